The molecule has 0 radical (unpaired) electrons. The molecule has 0 aliphatic heterocycles. The van der Waals surface area contributed by atoms with E-state index in [4.69, 9.17) is 0 Å². The Labute approximate surface area is 108 Å². The quantitative estimate of drug-likeness (QED) is 0.858. The first kappa shape index (κ1) is 14.4. The SMILES string of the molecule is CCNc1cnc(C(=O)NC(C)C(C)(C)C)cn1. The lowest BCUT2D eigenvalue weighted by atomic mass is 9.88. The molecule has 0 aliphatic rings. The van der Waals surface area contributed by atoms with Crippen molar-refractivity contribution in [3.63, 3.8) is 0 Å². The van der Waals surface area contributed by atoms with Crippen LogP contribution in [0.5, 0.6) is 0 Å². The summed E-state index contributed by atoms with van der Waals surface area (Å²) >= 11 is 0. The summed E-state index contributed by atoms with van der Waals surface area (Å²) in [5.41, 5.74) is 0.361. The molecule has 1 aromatic rings. The number of hydrogen-bond donors (Lipinski definition) is 2. The zero-order valence-corrected chi connectivity index (χ0v) is 11.7. The van der Waals surface area contributed by atoms with Crippen molar-refractivity contribution in [2.45, 2.75) is 40.7 Å². The van der Waals surface area contributed by atoms with E-state index in [1.54, 1.807) is 6.20 Å². The Kier molecular flexibility index (Phi) is 4.64. The first-order valence-corrected chi connectivity index (χ1v) is 6.21. The number of carbonyl (C=O) groups excluding carboxylic acids is 1. The Bertz CT molecular complexity index is 394. The first-order valence-electron chi connectivity index (χ1n) is 6.21. The van der Waals surface area contributed by atoms with Gasteiger partial charge in [-0.25, -0.2) is 9.97 Å². The van der Waals surface area contributed by atoms with Crippen LogP contribution in [0.4, 0.5) is 5.82 Å². The van der Waals surface area contributed by atoms with Gasteiger partial charge in [-0.1, -0.05) is 20.8 Å². The Morgan fingerprint density at radius 3 is 2.44 bits per heavy atom. The lowest BCUT2D eigenvalue weighted by Gasteiger charge is -2.27. The molecule has 5 heteroatoms. The molecule has 0 bridgehead atoms. The van der Waals surface area contributed by atoms with Crippen molar-refractivity contribution in [2.75, 3.05) is 11.9 Å². The molecule has 18 heavy (non-hydrogen) atoms. The van der Waals surface area contributed by atoms with Crippen LogP contribution in [0.15, 0.2) is 12.4 Å². The Balaban J connectivity index is 2.67. The van der Waals surface area contributed by atoms with E-state index in [0.717, 1.165) is 6.54 Å². The third-order valence-electron chi connectivity index (χ3n) is 2.89. The standard InChI is InChI=1S/C13H22N4O/c1-6-14-11-8-15-10(7-16-11)12(18)17-9(2)13(3,4)5/h7-9H,6H2,1-5H3,(H,14,16)(H,17,18). The Morgan fingerprint density at radius 1 is 1.33 bits per heavy atom. The summed E-state index contributed by atoms with van der Waals surface area (Å²) in [5.74, 6) is 0.492. The lowest BCUT2D eigenvalue weighted by Crippen LogP contribution is -2.41. The Hall–Kier alpha value is -1.65. The molecule has 1 amide bonds. The van der Waals surface area contributed by atoms with Gasteiger partial charge in [0.15, 0.2) is 0 Å². The van der Waals surface area contributed by atoms with Crippen LogP contribution >= 0.6 is 0 Å². The van der Waals surface area contributed by atoms with E-state index in [1.807, 2.05) is 13.8 Å². The lowest BCUT2D eigenvalue weighted by molar-refractivity contribution is 0.0904. The predicted octanol–water partition coefficient (Wildman–Crippen LogP) is 2.07. The average Bonchev–Trinajstić information content (AvgIpc) is 2.29. The van der Waals surface area contributed by atoms with Gasteiger partial charge in [0.2, 0.25) is 0 Å². The van der Waals surface area contributed by atoms with Crippen molar-refractivity contribution >= 4 is 11.7 Å². The topological polar surface area (TPSA) is 66.9 Å². The van der Waals surface area contributed by atoms with Crippen LogP contribution in [0, 0.1) is 5.41 Å². The minimum Gasteiger partial charge on any atom is -0.369 e. The molecule has 2 N–H and O–H groups in total. The van der Waals surface area contributed by atoms with Crippen molar-refractivity contribution < 1.29 is 4.79 Å². The molecule has 0 saturated carbocycles. The number of carbonyl (C=O) groups is 1. The number of nitrogens with zero attached hydrogens (tertiary/aromatic N) is 2. The highest BCUT2D eigenvalue weighted by molar-refractivity contribution is 5.92. The van der Waals surface area contributed by atoms with Crippen LogP contribution in [0.1, 0.15) is 45.1 Å². The summed E-state index contributed by atoms with van der Waals surface area (Å²) in [6.45, 7) is 11.0. The fraction of sp³-hybridized carbons (Fsp3) is 0.615. The van der Waals surface area contributed by atoms with Gasteiger partial charge in [-0.05, 0) is 19.3 Å². The van der Waals surface area contributed by atoms with Gasteiger partial charge in [0.1, 0.15) is 11.5 Å². The highest BCUT2D eigenvalue weighted by Gasteiger charge is 2.22. The van der Waals surface area contributed by atoms with E-state index in [2.05, 4.69) is 41.4 Å². The van der Waals surface area contributed by atoms with Crippen LogP contribution in [0.3, 0.4) is 0 Å². The van der Waals surface area contributed by atoms with E-state index in [1.165, 1.54) is 6.20 Å². The summed E-state index contributed by atoms with van der Waals surface area (Å²) in [6.07, 6.45) is 3.06. The number of anilines is 1. The van der Waals surface area contributed by atoms with Gasteiger partial charge in [0, 0.05) is 12.6 Å². The number of nitrogens with one attached hydrogen (secondary N) is 2. The van der Waals surface area contributed by atoms with Gasteiger partial charge in [-0.15, -0.1) is 0 Å². The van der Waals surface area contributed by atoms with Crippen LogP contribution in [0.25, 0.3) is 0 Å². The van der Waals surface area contributed by atoms with Gasteiger partial charge in [0.05, 0.1) is 12.4 Å². The molecule has 0 spiro atoms. The van der Waals surface area contributed by atoms with Crippen LogP contribution < -0.4 is 10.6 Å². The molecular weight excluding hydrogens is 228 g/mol. The van der Waals surface area contributed by atoms with Crippen molar-refractivity contribution in [3.05, 3.63) is 18.1 Å². The van der Waals surface area contributed by atoms with E-state index < -0.39 is 0 Å². The summed E-state index contributed by atoms with van der Waals surface area (Å²) < 4.78 is 0. The van der Waals surface area contributed by atoms with Gasteiger partial charge >= 0.3 is 0 Å². The summed E-state index contributed by atoms with van der Waals surface area (Å²) in [4.78, 5) is 20.2. The molecule has 0 aliphatic carbocycles. The maximum Gasteiger partial charge on any atom is 0.271 e. The van der Waals surface area contributed by atoms with Gasteiger partial charge in [-0.2, -0.15) is 0 Å². The van der Waals surface area contributed by atoms with Gasteiger partial charge in [-0.3, -0.25) is 4.79 Å². The van der Waals surface area contributed by atoms with Crippen LogP contribution in [-0.2, 0) is 0 Å². The first-order chi connectivity index (χ1) is 8.34. The third kappa shape index (κ3) is 3.98. The number of rotatable bonds is 4. The fourth-order valence-corrected chi connectivity index (χ4v) is 1.20. The fourth-order valence-electron chi connectivity index (χ4n) is 1.20. The molecular formula is C13H22N4O. The van der Waals surface area contributed by atoms with Gasteiger partial charge < -0.3 is 10.6 Å². The largest absolute Gasteiger partial charge is 0.369 e. The molecule has 1 aromatic heterocycles. The molecule has 0 aromatic carbocycles. The van der Waals surface area contributed by atoms with Crippen molar-refractivity contribution in [2.24, 2.45) is 5.41 Å². The molecule has 1 rings (SSSR count). The molecule has 1 heterocycles. The second kappa shape index (κ2) is 5.80. The second-order valence-corrected chi connectivity index (χ2v) is 5.38. The van der Waals surface area contributed by atoms with E-state index in [9.17, 15) is 4.79 Å². The van der Waals surface area contributed by atoms with Crippen LogP contribution in [-0.4, -0.2) is 28.5 Å². The predicted molar refractivity (Wildman–Crippen MR) is 72.6 cm³/mol. The van der Waals surface area contributed by atoms with Crippen LogP contribution in [0.2, 0.25) is 0 Å². The molecule has 5 nitrogen and oxygen atoms in total. The number of aromatic nitrogens is 2. The highest BCUT2D eigenvalue weighted by atomic mass is 16.1. The van der Waals surface area contributed by atoms with Crippen molar-refractivity contribution in [1.82, 2.24) is 15.3 Å². The van der Waals surface area contributed by atoms with Gasteiger partial charge in [0.25, 0.3) is 5.91 Å². The number of hydrogen-bond acceptors (Lipinski definition) is 4. The monoisotopic (exact) mass is 250 g/mol. The van der Waals surface area contributed by atoms with Crippen molar-refractivity contribution in [1.29, 1.82) is 0 Å². The molecule has 0 fully saturated rings. The molecule has 1 atom stereocenters. The summed E-state index contributed by atoms with van der Waals surface area (Å²) in [7, 11) is 0. The normalized spacial score (nSPS) is 12.9. The molecule has 100 valence electrons. The minimum atomic E-state index is -0.187. The van der Waals surface area contributed by atoms with E-state index in [-0.39, 0.29) is 17.4 Å². The maximum atomic E-state index is 11.9. The molecule has 0 saturated heterocycles. The smallest absolute Gasteiger partial charge is 0.271 e. The third-order valence-corrected chi connectivity index (χ3v) is 2.89. The molecule has 1 unspecified atom stereocenters. The second-order valence-electron chi connectivity index (χ2n) is 5.38. The summed E-state index contributed by atoms with van der Waals surface area (Å²) in [6, 6.07) is 0.0697. The zero-order valence-electron chi connectivity index (χ0n) is 11.7. The minimum absolute atomic E-state index is 0.0206. The Morgan fingerprint density at radius 2 is 2.00 bits per heavy atom. The van der Waals surface area contributed by atoms with E-state index >= 15 is 0 Å². The van der Waals surface area contributed by atoms with Crippen molar-refractivity contribution in [3.8, 4) is 0 Å². The maximum absolute atomic E-state index is 11.9. The highest BCUT2D eigenvalue weighted by Crippen LogP contribution is 2.18. The zero-order chi connectivity index (χ0) is 13.8. The number of amides is 1. The summed E-state index contributed by atoms with van der Waals surface area (Å²) in [5, 5.41) is 5.96. The van der Waals surface area contributed by atoms with E-state index in [0.29, 0.717) is 11.5 Å². The average molecular weight is 250 g/mol.